The first-order valence-corrected chi connectivity index (χ1v) is 7.51. The van der Waals surface area contributed by atoms with Gasteiger partial charge in [-0.25, -0.2) is 0 Å². The SMILES string of the molecule is CC1(C)NC(c2ccccc2)C(C=O)N1Nc1ccccc1. The molecule has 0 spiro atoms. The number of anilines is 1. The molecule has 0 radical (unpaired) electrons. The number of aldehydes is 1. The van der Waals surface area contributed by atoms with E-state index in [1.54, 1.807) is 0 Å². The second-order valence-corrected chi connectivity index (χ2v) is 6.07. The van der Waals surface area contributed by atoms with Crippen LogP contribution in [-0.2, 0) is 4.79 Å². The van der Waals surface area contributed by atoms with E-state index >= 15 is 0 Å². The van der Waals surface area contributed by atoms with Crippen molar-refractivity contribution < 1.29 is 4.79 Å². The zero-order valence-electron chi connectivity index (χ0n) is 12.9. The van der Waals surface area contributed by atoms with E-state index in [1.807, 2.05) is 53.5 Å². The van der Waals surface area contributed by atoms with Crippen LogP contribution in [0.5, 0.6) is 0 Å². The normalized spacial score (nSPS) is 24.1. The molecule has 4 heteroatoms. The van der Waals surface area contributed by atoms with Crippen LogP contribution in [0.25, 0.3) is 0 Å². The van der Waals surface area contributed by atoms with Gasteiger partial charge in [-0.2, -0.15) is 5.01 Å². The predicted octanol–water partition coefficient (Wildman–Crippen LogP) is 2.96. The van der Waals surface area contributed by atoms with Gasteiger partial charge in [0.1, 0.15) is 12.3 Å². The zero-order chi connectivity index (χ0) is 15.6. The maximum atomic E-state index is 11.8. The fourth-order valence-corrected chi connectivity index (χ4v) is 3.00. The van der Waals surface area contributed by atoms with Gasteiger partial charge in [-0.3, -0.25) is 5.32 Å². The Bertz CT molecular complexity index is 627. The minimum Gasteiger partial charge on any atom is -0.316 e. The molecule has 1 saturated heterocycles. The van der Waals surface area contributed by atoms with Crippen LogP contribution in [0.1, 0.15) is 25.5 Å². The molecule has 0 aliphatic carbocycles. The Morgan fingerprint density at radius 3 is 2.23 bits per heavy atom. The predicted molar refractivity (Wildman–Crippen MR) is 88.2 cm³/mol. The highest BCUT2D eigenvalue weighted by atomic mass is 16.1. The van der Waals surface area contributed by atoms with Gasteiger partial charge in [-0.1, -0.05) is 48.5 Å². The summed E-state index contributed by atoms with van der Waals surface area (Å²) in [6.07, 6.45) is 1.01. The van der Waals surface area contributed by atoms with Gasteiger partial charge in [0, 0.05) is 5.69 Å². The first kappa shape index (κ1) is 14.8. The standard InChI is InChI=1S/C18H21N3O/c1-18(2)19-17(14-9-5-3-6-10-14)16(13-22)21(18)20-15-11-7-4-8-12-15/h3-13,16-17,19-20H,1-2H3. The highest BCUT2D eigenvalue weighted by Crippen LogP contribution is 2.34. The van der Waals surface area contributed by atoms with Crippen LogP contribution in [0.15, 0.2) is 60.7 Å². The Morgan fingerprint density at radius 2 is 1.64 bits per heavy atom. The number of nitrogens with one attached hydrogen (secondary N) is 2. The summed E-state index contributed by atoms with van der Waals surface area (Å²) in [6.45, 7) is 4.14. The minimum atomic E-state index is -0.345. The average Bonchev–Trinajstić information content (AvgIpc) is 2.80. The molecule has 1 aliphatic rings. The molecular weight excluding hydrogens is 274 g/mol. The zero-order valence-corrected chi connectivity index (χ0v) is 12.9. The molecule has 0 bridgehead atoms. The van der Waals surface area contributed by atoms with E-state index in [-0.39, 0.29) is 17.7 Å². The molecule has 2 unspecified atom stereocenters. The molecule has 0 saturated carbocycles. The van der Waals surface area contributed by atoms with E-state index in [9.17, 15) is 4.79 Å². The van der Waals surface area contributed by atoms with Crippen LogP contribution < -0.4 is 10.7 Å². The first-order valence-electron chi connectivity index (χ1n) is 7.51. The molecule has 4 nitrogen and oxygen atoms in total. The molecule has 2 atom stereocenters. The molecule has 1 aliphatic heterocycles. The number of carbonyl (C=O) groups is 1. The summed E-state index contributed by atoms with van der Waals surface area (Å²) in [7, 11) is 0. The van der Waals surface area contributed by atoms with Crippen molar-refractivity contribution in [1.82, 2.24) is 10.3 Å². The van der Waals surface area contributed by atoms with E-state index in [0.717, 1.165) is 17.5 Å². The number of hydrazine groups is 1. The van der Waals surface area contributed by atoms with E-state index in [1.165, 1.54) is 0 Å². The van der Waals surface area contributed by atoms with Gasteiger partial charge in [0.25, 0.3) is 0 Å². The first-order chi connectivity index (χ1) is 10.6. The molecule has 22 heavy (non-hydrogen) atoms. The van der Waals surface area contributed by atoms with Crippen molar-refractivity contribution in [3.63, 3.8) is 0 Å². The Kier molecular flexibility index (Phi) is 3.96. The third-order valence-electron chi connectivity index (χ3n) is 4.07. The van der Waals surface area contributed by atoms with E-state index in [0.29, 0.717) is 0 Å². The van der Waals surface area contributed by atoms with E-state index < -0.39 is 0 Å². The molecule has 0 amide bonds. The molecule has 2 N–H and O–H groups in total. The number of rotatable bonds is 4. The summed E-state index contributed by atoms with van der Waals surface area (Å²) in [4.78, 5) is 11.8. The lowest BCUT2D eigenvalue weighted by atomic mass is 10.0. The molecular formula is C18H21N3O. The van der Waals surface area contributed by atoms with Gasteiger partial charge in [0.05, 0.1) is 11.7 Å². The van der Waals surface area contributed by atoms with Crippen molar-refractivity contribution in [3.8, 4) is 0 Å². The summed E-state index contributed by atoms with van der Waals surface area (Å²) in [5.41, 5.74) is 5.11. The lowest BCUT2D eigenvalue weighted by Gasteiger charge is -2.34. The lowest BCUT2D eigenvalue weighted by molar-refractivity contribution is -0.112. The highest BCUT2D eigenvalue weighted by molar-refractivity contribution is 5.62. The molecule has 1 heterocycles. The van der Waals surface area contributed by atoms with Gasteiger partial charge >= 0.3 is 0 Å². The third-order valence-corrected chi connectivity index (χ3v) is 4.07. The number of hydrogen-bond donors (Lipinski definition) is 2. The Hall–Kier alpha value is -2.17. The Labute approximate surface area is 131 Å². The van der Waals surface area contributed by atoms with Crippen molar-refractivity contribution in [2.45, 2.75) is 31.6 Å². The maximum absolute atomic E-state index is 11.8. The number of nitrogens with zero attached hydrogens (tertiary/aromatic N) is 1. The Morgan fingerprint density at radius 1 is 1.05 bits per heavy atom. The molecule has 114 valence electrons. The van der Waals surface area contributed by atoms with Crippen LogP contribution in [-0.4, -0.2) is 23.0 Å². The largest absolute Gasteiger partial charge is 0.316 e. The number of hydrogen-bond acceptors (Lipinski definition) is 4. The number of para-hydroxylation sites is 1. The fourth-order valence-electron chi connectivity index (χ4n) is 3.00. The van der Waals surface area contributed by atoms with Crippen LogP contribution >= 0.6 is 0 Å². The summed E-state index contributed by atoms with van der Waals surface area (Å²) in [5, 5.41) is 5.54. The number of carbonyl (C=O) groups excluding carboxylic acids is 1. The van der Waals surface area contributed by atoms with Gasteiger partial charge in [0.15, 0.2) is 0 Å². The fraction of sp³-hybridized carbons (Fsp3) is 0.278. The lowest BCUT2D eigenvalue weighted by Crippen LogP contribution is -2.51. The van der Waals surface area contributed by atoms with Crippen LogP contribution in [0.3, 0.4) is 0 Å². The van der Waals surface area contributed by atoms with Gasteiger partial charge < -0.3 is 10.2 Å². The van der Waals surface area contributed by atoms with Crippen LogP contribution in [0, 0.1) is 0 Å². The van der Waals surface area contributed by atoms with E-state index in [4.69, 9.17) is 0 Å². The van der Waals surface area contributed by atoms with Crippen molar-refractivity contribution in [2.24, 2.45) is 0 Å². The highest BCUT2D eigenvalue weighted by Gasteiger charge is 2.46. The molecule has 0 aromatic heterocycles. The van der Waals surface area contributed by atoms with Gasteiger partial charge in [-0.05, 0) is 31.5 Å². The summed E-state index contributed by atoms with van der Waals surface area (Å²) in [6, 6.07) is 19.7. The van der Waals surface area contributed by atoms with Crippen molar-refractivity contribution >= 4 is 12.0 Å². The van der Waals surface area contributed by atoms with Crippen LogP contribution in [0.4, 0.5) is 5.69 Å². The van der Waals surface area contributed by atoms with Crippen molar-refractivity contribution in [3.05, 3.63) is 66.2 Å². The van der Waals surface area contributed by atoms with Gasteiger partial charge in [-0.15, -0.1) is 0 Å². The van der Waals surface area contributed by atoms with Crippen molar-refractivity contribution in [2.75, 3.05) is 5.43 Å². The second kappa shape index (κ2) is 5.91. The third kappa shape index (κ3) is 2.75. The minimum absolute atomic E-state index is 0.0371. The van der Waals surface area contributed by atoms with Crippen molar-refractivity contribution in [1.29, 1.82) is 0 Å². The summed E-state index contributed by atoms with van der Waals surface area (Å²) < 4.78 is 0. The molecule has 3 rings (SSSR count). The monoisotopic (exact) mass is 295 g/mol. The molecule has 2 aromatic carbocycles. The quantitative estimate of drug-likeness (QED) is 0.851. The maximum Gasteiger partial charge on any atom is 0.141 e. The topological polar surface area (TPSA) is 44.4 Å². The molecule has 2 aromatic rings. The summed E-state index contributed by atoms with van der Waals surface area (Å²) >= 11 is 0. The number of benzene rings is 2. The smallest absolute Gasteiger partial charge is 0.141 e. The van der Waals surface area contributed by atoms with E-state index in [2.05, 4.69) is 36.7 Å². The Balaban J connectivity index is 1.90. The summed E-state index contributed by atoms with van der Waals surface area (Å²) in [5.74, 6) is 0. The molecule has 1 fully saturated rings. The second-order valence-electron chi connectivity index (χ2n) is 6.07. The van der Waals surface area contributed by atoms with Crippen LogP contribution in [0.2, 0.25) is 0 Å². The van der Waals surface area contributed by atoms with Gasteiger partial charge in [0.2, 0.25) is 0 Å². The average molecular weight is 295 g/mol.